The van der Waals surface area contributed by atoms with E-state index in [4.69, 9.17) is 10.0 Å². The van der Waals surface area contributed by atoms with Crippen LogP contribution in [0.1, 0.15) is 19.8 Å². The van der Waals surface area contributed by atoms with E-state index in [0.717, 1.165) is 12.8 Å². The molecular formula is C5H11BO2S. The van der Waals surface area contributed by atoms with Gasteiger partial charge in [-0.1, -0.05) is 6.92 Å². The van der Waals surface area contributed by atoms with Gasteiger partial charge in [-0.3, -0.25) is 0 Å². The van der Waals surface area contributed by atoms with Crippen LogP contribution in [0.5, 0.6) is 0 Å². The van der Waals surface area contributed by atoms with E-state index in [1.807, 2.05) is 0 Å². The molecule has 0 saturated carbocycles. The summed E-state index contributed by atoms with van der Waals surface area (Å²) in [6.07, 6.45) is 2.07. The molecule has 9 heavy (non-hydrogen) atoms. The lowest BCUT2D eigenvalue weighted by atomic mass is 9.83. The van der Waals surface area contributed by atoms with E-state index in [1.165, 1.54) is 0 Å². The van der Waals surface area contributed by atoms with Gasteiger partial charge in [-0.15, -0.1) is 0 Å². The van der Waals surface area contributed by atoms with Crippen LogP contribution in [0, 0.1) is 0 Å². The third kappa shape index (κ3) is 1.88. The highest BCUT2D eigenvalue weighted by atomic mass is 32.2. The molecule has 0 aromatic heterocycles. The van der Waals surface area contributed by atoms with Crippen LogP contribution in [0.3, 0.4) is 0 Å². The van der Waals surface area contributed by atoms with Crippen LogP contribution in [-0.2, 0) is 0 Å². The lowest BCUT2D eigenvalue weighted by Gasteiger charge is -2.05. The fraction of sp³-hybridized carbons (Fsp3) is 1.00. The molecule has 0 aromatic carbocycles. The van der Waals surface area contributed by atoms with Gasteiger partial charge in [0.05, 0.1) is 0 Å². The second-order valence-corrected chi connectivity index (χ2v) is 4.16. The summed E-state index contributed by atoms with van der Waals surface area (Å²) in [6.45, 7) is 2.12. The predicted molar refractivity (Wildman–Crippen MR) is 40.3 cm³/mol. The molecule has 52 valence electrons. The Labute approximate surface area is 59.8 Å². The van der Waals surface area contributed by atoms with Crippen LogP contribution in [0.2, 0.25) is 0 Å². The van der Waals surface area contributed by atoms with Crippen molar-refractivity contribution in [1.82, 2.24) is 0 Å². The van der Waals surface area contributed by atoms with Crippen molar-refractivity contribution < 1.29 is 10.0 Å². The van der Waals surface area contributed by atoms with Crippen molar-refractivity contribution in [2.45, 2.75) is 30.2 Å². The van der Waals surface area contributed by atoms with Gasteiger partial charge in [-0.05, 0) is 12.8 Å². The van der Waals surface area contributed by atoms with E-state index >= 15 is 0 Å². The number of thioether (sulfide) groups is 1. The first-order chi connectivity index (χ1) is 4.20. The van der Waals surface area contributed by atoms with Gasteiger partial charge < -0.3 is 10.0 Å². The third-order valence-electron chi connectivity index (χ3n) is 1.60. The van der Waals surface area contributed by atoms with Crippen LogP contribution in [0.15, 0.2) is 0 Å². The van der Waals surface area contributed by atoms with Crippen LogP contribution >= 0.6 is 11.8 Å². The summed E-state index contributed by atoms with van der Waals surface area (Å²) < 4.78 is 0. The Morgan fingerprint density at radius 1 is 1.44 bits per heavy atom. The SMILES string of the molecule is CC1CCC(B(O)O)S1. The molecule has 1 aliphatic heterocycles. The first-order valence-corrected chi connectivity index (χ1v) is 4.16. The molecule has 0 spiro atoms. The maximum Gasteiger partial charge on any atom is 0.465 e. The fourth-order valence-corrected chi connectivity index (χ4v) is 2.33. The van der Waals surface area contributed by atoms with Crippen molar-refractivity contribution >= 4 is 18.9 Å². The van der Waals surface area contributed by atoms with Gasteiger partial charge in [-0.25, -0.2) is 0 Å². The van der Waals surface area contributed by atoms with Crippen LogP contribution in [-0.4, -0.2) is 27.6 Å². The molecule has 0 radical (unpaired) electrons. The van der Waals surface area contributed by atoms with Crippen LogP contribution in [0.25, 0.3) is 0 Å². The first kappa shape index (κ1) is 7.44. The van der Waals surface area contributed by atoms with Crippen LogP contribution in [0.4, 0.5) is 0 Å². The van der Waals surface area contributed by atoms with Gasteiger partial charge in [0.2, 0.25) is 0 Å². The van der Waals surface area contributed by atoms with Gasteiger partial charge >= 0.3 is 7.12 Å². The molecule has 2 atom stereocenters. The zero-order chi connectivity index (χ0) is 6.85. The molecule has 0 bridgehead atoms. The Balaban J connectivity index is 2.30. The fourth-order valence-electron chi connectivity index (χ4n) is 1.05. The number of hydrogen-bond acceptors (Lipinski definition) is 3. The standard InChI is InChI=1S/C5H11BO2S/c1-4-2-3-5(9-4)6(7)8/h4-5,7-8H,2-3H2,1H3. The number of rotatable bonds is 1. The van der Waals surface area contributed by atoms with E-state index < -0.39 is 7.12 Å². The molecule has 0 aromatic rings. The summed E-state index contributed by atoms with van der Waals surface area (Å²) in [5, 5.41) is 18.1. The van der Waals surface area contributed by atoms with Gasteiger partial charge in [0, 0.05) is 10.4 Å². The molecule has 2 N–H and O–H groups in total. The minimum Gasteiger partial charge on any atom is -0.426 e. The molecule has 2 nitrogen and oxygen atoms in total. The van der Waals surface area contributed by atoms with Gasteiger partial charge in [0.25, 0.3) is 0 Å². The molecular weight excluding hydrogens is 135 g/mol. The normalized spacial score (nSPS) is 35.0. The first-order valence-electron chi connectivity index (χ1n) is 3.21. The van der Waals surface area contributed by atoms with E-state index in [1.54, 1.807) is 11.8 Å². The van der Waals surface area contributed by atoms with Crippen molar-refractivity contribution in [2.75, 3.05) is 0 Å². The molecule has 4 heteroatoms. The summed E-state index contributed by atoms with van der Waals surface area (Å²) in [4.78, 5) is 0. The molecule has 1 saturated heterocycles. The number of hydrogen-bond donors (Lipinski definition) is 2. The maximum atomic E-state index is 8.70. The third-order valence-corrected chi connectivity index (χ3v) is 3.13. The van der Waals surface area contributed by atoms with Crippen LogP contribution < -0.4 is 0 Å². The summed E-state index contributed by atoms with van der Waals surface area (Å²) in [6, 6.07) is 0. The molecule has 1 rings (SSSR count). The predicted octanol–water partition coefficient (Wildman–Crippen LogP) is 0.283. The van der Waals surface area contributed by atoms with Crippen molar-refractivity contribution in [3.05, 3.63) is 0 Å². The highest BCUT2D eigenvalue weighted by molar-refractivity contribution is 8.02. The van der Waals surface area contributed by atoms with E-state index in [0.29, 0.717) is 5.25 Å². The average Bonchev–Trinajstić information content (AvgIpc) is 2.14. The van der Waals surface area contributed by atoms with Gasteiger partial charge in [0.15, 0.2) is 0 Å². The van der Waals surface area contributed by atoms with Crippen molar-refractivity contribution in [2.24, 2.45) is 0 Å². The Bertz CT molecular complexity index is 99.0. The van der Waals surface area contributed by atoms with E-state index in [-0.39, 0.29) is 5.15 Å². The van der Waals surface area contributed by atoms with Gasteiger partial charge in [-0.2, -0.15) is 11.8 Å². The summed E-state index contributed by atoms with van der Waals surface area (Å²) in [7, 11) is -1.11. The molecule has 0 aliphatic carbocycles. The Kier molecular flexibility index (Phi) is 2.44. The summed E-state index contributed by atoms with van der Waals surface area (Å²) in [5.74, 6) is 0. The van der Waals surface area contributed by atoms with E-state index in [2.05, 4.69) is 6.92 Å². The second-order valence-electron chi connectivity index (χ2n) is 2.48. The molecule has 0 amide bonds. The quantitative estimate of drug-likeness (QED) is 0.522. The zero-order valence-corrected chi connectivity index (χ0v) is 6.27. The van der Waals surface area contributed by atoms with Crippen molar-refractivity contribution in [3.63, 3.8) is 0 Å². The Morgan fingerprint density at radius 3 is 2.33 bits per heavy atom. The minimum absolute atomic E-state index is 0.0694. The van der Waals surface area contributed by atoms with Crippen molar-refractivity contribution in [1.29, 1.82) is 0 Å². The highest BCUT2D eigenvalue weighted by Crippen LogP contribution is 2.33. The highest BCUT2D eigenvalue weighted by Gasteiger charge is 2.30. The Morgan fingerprint density at radius 2 is 2.11 bits per heavy atom. The Hall–Kier alpha value is 0.335. The lowest BCUT2D eigenvalue weighted by Crippen LogP contribution is -2.25. The summed E-state index contributed by atoms with van der Waals surface area (Å²) in [5.41, 5.74) is 0. The maximum absolute atomic E-state index is 8.70. The summed E-state index contributed by atoms with van der Waals surface area (Å²) >= 11 is 1.67. The monoisotopic (exact) mass is 146 g/mol. The van der Waals surface area contributed by atoms with Gasteiger partial charge in [0.1, 0.15) is 0 Å². The molecule has 1 aliphatic rings. The molecule has 2 unspecified atom stereocenters. The average molecular weight is 146 g/mol. The van der Waals surface area contributed by atoms with Crippen molar-refractivity contribution in [3.8, 4) is 0 Å². The zero-order valence-electron chi connectivity index (χ0n) is 5.45. The molecule has 1 fully saturated rings. The van der Waals surface area contributed by atoms with E-state index in [9.17, 15) is 0 Å². The topological polar surface area (TPSA) is 40.5 Å². The second kappa shape index (κ2) is 2.95. The largest absolute Gasteiger partial charge is 0.465 e. The minimum atomic E-state index is -1.11. The molecule has 1 heterocycles. The lowest BCUT2D eigenvalue weighted by molar-refractivity contribution is 0.401. The smallest absolute Gasteiger partial charge is 0.426 e.